The lowest BCUT2D eigenvalue weighted by molar-refractivity contribution is 0.686. The van der Waals surface area contributed by atoms with E-state index in [2.05, 4.69) is 26.2 Å². The van der Waals surface area contributed by atoms with Crippen molar-refractivity contribution >= 4 is 27.5 Å². The predicted octanol–water partition coefficient (Wildman–Crippen LogP) is 3.81. The molecule has 0 saturated carbocycles. The maximum absolute atomic E-state index is 6.04. The van der Waals surface area contributed by atoms with Gasteiger partial charge in [-0.25, -0.2) is 0 Å². The lowest BCUT2D eigenvalue weighted by Gasteiger charge is -2.18. The Morgan fingerprint density at radius 3 is 2.82 bits per heavy atom. The second-order valence-electron chi connectivity index (χ2n) is 3.67. The Balaban J connectivity index is 2.46. The molecule has 1 unspecified atom stereocenters. The Morgan fingerprint density at radius 2 is 2.18 bits per heavy atom. The van der Waals surface area contributed by atoms with E-state index in [9.17, 15) is 0 Å². The minimum Gasteiger partial charge on any atom is -0.309 e. The van der Waals surface area contributed by atoms with Crippen LogP contribution in [0.3, 0.4) is 0 Å². The van der Waals surface area contributed by atoms with Crippen LogP contribution in [-0.4, -0.2) is 12.0 Å². The Labute approximate surface area is 114 Å². The SMILES string of the molecule is CNC(c1cccnc1)c1cc(Cl)ccc1Br. The van der Waals surface area contributed by atoms with Gasteiger partial charge >= 0.3 is 0 Å². The van der Waals surface area contributed by atoms with Crippen LogP contribution < -0.4 is 5.32 Å². The summed E-state index contributed by atoms with van der Waals surface area (Å²) in [6.45, 7) is 0. The Hall–Kier alpha value is -0.900. The Bertz CT molecular complexity index is 502. The monoisotopic (exact) mass is 310 g/mol. The number of rotatable bonds is 3. The largest absolute Gasteiger partial charge is 0.309 e. The molecule has 1 aromatic heterocycles. The van der Waals surface area contributed by atoms with E-state index < -0.39 is 0 Å². The molecule has 1 heterocycles. The van der Waals surface area contributed by atoms with Gasteiger partial charge in [0.2, 0.25) is 0 Å². The van der Waals surface area contributed by atoms with Crippen LogP contribution in [0.1, 0.15) is 17.2 Å². The summed E-state index contributed by atoms with van der Waals surface area (Å²) < 4.78 is 1.03. The first-order chi connectivity index (χ1) is 8.22. The first kappa shape index (κ1) is 12.6. The molecule has 17 heavy (non-hydrogen) atoms. The van der Waals surface area contributed by atoms with Crippen molar-refractivity contribution in [3.8, 4) is 0 Å². The summed E-state index contributed by atoms with van der Waals surface area (Å²) in [5.41, 5.74) is 2.21. The van der Waals surface area contributed by atoms with Crippen LogP contribution in [0, 0.1) is 0 Å². The summed E-state index contributed by atoms with van der Waals surface area (Å²) in [5, 5.41) is 4.00. The van der Waals surface area contributed by atoms with E-state index in [0.29, 0.717) is 0 Å². The van der Waals surface area contributed by atoms with Crippen LogP contribution in [0.5, 0.6) is 0 Å². The molecule has 2 aromatic rings. The van der Waals surface area contributed by atoms with E-state index in [0.717, 1.165) is 20.6 Å². The molecule has 2 rings (SSSR count). The summed E-state index contributed by atoms with van der Waals surface area (Å²) in [6, 6.07) is 9.83. The van der Waals surface area contributed by atoms with Crippen LogP contribution in [0.2, 0.25) is 5.02 Å². The van der Waals surface area contributed by atoms with Gasteiger partial charge in [-0.15, -0.1) is 0 Å². The van der Waals surface area contributed by atoms with E-state index in [-0.39, 0.29) is 6.04 Å². The highest BCUT2D eigenvalue weighted by Crippen LogP contribution is 2.30. The van der Waals surface area contributed by atoms with E-state index in [4.69, 9.17) is 11.6 Å². The van der Waals surface area contributed by atoms with E-state index >= 15 is 0 Å². The van der Waals surface area contributed by atoms with Crippen LogP contribution in [0.15, 0.2) is 47.2 Å². The summed E-state index contributed by atoms with van der Waals surface area (Å²) in [6.07, 6.45) is 3.62. The maximum Gasteiger partial charge on any atom is 0.0601 e. The third-order valence-electron chi connectivity index (χ3n) is 2.58. The fraction of sp³-hybridized carbons (Fsp3) is 0.154. The number of nitrogens with zero attached hydrogens (tertiary/aromatic N) is 1. The number of aromatic nitrogens is 1. The normalized spacial score (nSPS) is 12.4. The zero-order chi connectivity index (χ0) is 12.3. The standard InChI is InChI=1S/C13H12BrClN2/c1-16-13(9-3-2-6-17-8-9)11-7-10(15)4-5-12(11)14/h2-8,13,16H,1H3. The van der Waals surface area contributed by atoms with Gasteiger partial charge in [-0.3, -0.25) is 4.98 Å². The molecule has 2 nitrogen and oxygen atoms in total. The Morgan fingerprint density at radius 1 is 1.35 bits per heavy atom. The molecular formula is C13H12BrClN2. The maximum atomic E-state index is 6.04. The zero-order valence-corrected chi connectivity index (χ0v) is 11.7. The topological polar surface area (TPSA) is 24.9 Å². The molecule has 0 amide bonds. The van der Waals surface area contributed by atoms with Crippen molar-refractivity contribution in [1.29, 1.82) is 0 Å². The van der Waals surface area contributed by atoms with E-state index in [1.165, 1.54) is 0 Å². The van der Waals surface area contributed by atoms with Crippen LogP contribution in [-0.2, 0) is 0 Å². The lowest BCUT2D eigenvalue weighted by atomic mass is 10.0. The van der Waals surface area contributed by atoms with Crippen molar-refractivity contribution in [3.63, 3.8) is 0 Å². The first-order valence-corrected chi connectivity index (χ1v) is 6.41. The quantitative estimate of drug-likeness (QED) is 0.932. The summed E-state index contributed by atoms with van der Waals surface area (Å²) in [5.74, 6) is 0. The van der Waals surface area contributed by atoms with E-state index in [1.54, 1.807) is 6.20 Å². The average molecular weight is 312 g/mol. The molecule has 0 aliphatic carbocycles. The van der Waals surface area contributed by atoms with Crippen LogP contribution in [0.4, 0.5) is 0 Å². The zero-order valence-electron chi connectivity index (χ0n) is 9.32. The van der Waals surface area contributed by atoms with Gasteiger partial charge in [-0.2, -0.15) is 0 Å². The molecule has 0 radical (unpaired) electrons. The second-order valence-corrected chi connectivity index (χ2v) is 4.96. The third-order valence-corrected chi connectivity index (χ3v) is 3.53. The molecule has 0 saturated heterocycles. The molecule has 0 aliphatic rings. The summed E-state index contributed by atoms with van der Waals surface area (Å²) >= 11 is 9.59. The smallest absolute Gasteiger partial charge is 0.0601 e. The van der Waals surface area contributed by atoms with Crippen molar-refractivity contribution in [2.45, 2.75) is 6.04 Å². The molecule has 88 valence electrons. The molecule has 1 N–H and O–H groups in total. The number of nitrogens with one attached hydrogen (secondary N) is 1. The molecule has 4 heteroatoms. The highest BCUT2D eigenvalue weighted by Gasteiger charge is 2.15. The highest BCUT2D eigenvalue weighted by molar-refractivity contribution is 9.10. The molecule has 0 spiro atoms. The van der Waals surface area contributed by atoms with Crippen LogP contribution >= 0.6 is 27.5 Å². The average Bonchev–Trinajstić information content (AvgIpc) is 2.36. The van der Waals surface area contributed by atoms with Gasteiger partial charge in [-0.1, -0.05) is 33.6 Å². The molecule has 0 fully saturated rings. The minimum absolute atomic E-state index is 0.0803. The summed E-state index contributed by atoms with van der Waals surface area (Å²) in [4.78, 5) is 4.14. The van der Waals surface area contributed by atoms with Crippen molar-refractivity contribution in [2.24, 2.45) is 0 Å². The van der Waals surface area contributed by atoms with Gasteiger partial charge in [0.25, 0.3) is 0 Å². The van der Waals surface area contributed by atoms with Gasteiger partial charge in [0.1, 0.15) is 0 Å². The van der Waals surface area contributed by atoms with E-state index in [1.807, 2.05) is 43.6 Å². The molecule has 0 bridgehead atoms. The summed E-state index contributed by atoms with van der Waals surface area (Å²) in [7, 11) is 1.92. The number of halogens is 2. The number of benzene rings is 1. The van der Waals surface area contributed by atoms with Gasteiger partial charge in [0, 0.05) is 21.9 Å². The fourth-order valence-electron chi connectivity index (χ4n) is 1.78. The van der Waals surface area contributed by atoms with Crippen molar-refractivity contribution in [1.82, 2.24) is 10.3 Å². The predicted molar refractivity (Wildman–Crippen MR) is 74.3 cm³/mol. The van der Waals surface area contributed by atoms with Crippen molar-refractivity contribution in [3.05, 3.63) is 63.3 Å². The van der Waals surface area contributed by atoms with Gasteiger partial charge in [-0.05, 0) is 42.4 Å². The molecular weight excluding hydrogens is 300 g/mol. The van der Waals surface area contributed by atoms with Crippen LogP contribution in [0.25, 0.3) is 0 Å². The van der Waals surface area contributed by atoms with Gasteiger partial charge in [0.15, 0.2) is 0 Å². The van der Waals surface area contributed by atoms with Crippen molar-refractivity contribution in [2.75, 3.05) is 7.05 Å². The van der Waals surface area contributed by atoms with Crippen molar-refractivity contribution < 1.29 is 0 Å². The highest BCUT2D eigenvalue weighted by atomic mass is 79.9. The molecule has 0 aliphatic heterocycles. The lowest BCUT2D eigenvalue weighted by Crippen LogP contribution is -2.18. The second kappa shape index (κ2) is 5.63. The first-order valence-electron chi connectivity index (χ1n) is 5.24. The minimum atomic E-state index is 0.0803. The molecule has 1 aromatic carbocycles. The number of hydrogen-bond donors (Lipinski definition) is 1. The number of pyridine rings is 1. The van der Waals surface area contributed by atoms with Gasteiger partial charge in [0.05, 0.1) is 6.04 Å². The van der Waals surface area contributed by atoms with Gasteiger partial charge < -0.3 is 5.32 Å². The molecule has 1 atom stereocenters. The Kier molecular flexibility index (Phi) is 4.15. The number of hydrogen-bond acceptors (Lipinski definition) is 2. The fourth-order valence-corrected chi connectivity index (χ4v) is 2.44. The third kappa shape index (κ3) is 2.86.